The Morgan fingerprint density at radius 3 is 1.69 bits per heavy atom. The lowest BCUT2D eigenvalue weighted by molar-refractivity contribution is -0.166. The molecule has 0 aromatic rings. The molecule has 3 amide bonds. The molecule has 39 heavy (non-hydrogen) atoms. The van der Waals surface area contributed by atoms with Crippen LogP contribution in [0.25, 0.3) is 0 Å². The largest absolute Gasteiger partial charge is 0.370 e. The lowest BCUT2D eigenvalue weighted by atomic mass is 9.99. The number of nitrogens with two attached hydrogens (primary N) is 2. The normalized spacial score (nSPS) is 13.7. The Balaban J connectivity index is 5.83. The number of unbranched alkanes of at least 4 members (excludes halogenated alkanes) is 2. The molecule has 0 aliphatic rings. The molecular weight excluding hydrogens is 500 g/mol. The van der Waals surface area contributed by atoms with Crippen molar-refractivity contribution in [3.63, 3.8) is 0 Å². The van der Waals surface area contributed by atoms with E-state index in [0.717, 1.165) is 25.7 Å². The molecule has 11 nitrogen and oxygen atoms in total. The molecule has 11 heteroatoms. The number of rotatable bonds is 22. The van der Waals surface area contributed by atoms with E-state index in [1.165, 1.54) is 6.92 Å². The van der Waals surface area contributed by atoms with E-state index in [1.54, 1.807) is 0 Å². The van der Waals surface area contributed by atoms with Crippen molar-refractivity contribution >= 4 is 23.7 Å². The van der Waals surface area contributed by atoms with Crippen molar-refractivity contribution in [2.24, 2.45) is 28.3 Å². The SMILES string of the molecule is CCCCOC(OCCCC)[C@@H](CCCN=C(N)N)NC(=O)[C@H](CC(C)C)NC(=O)[C@H](CC(C)C)NC(C)=O. The summed E-state index contributed by atoms with van der Waals surface area (Å²) in [6, 6.07) is -1.97. The molecule has 0 aromatic carbocycles. The van der Waals surface area contributed by atoms with Crippen LogP contribution >= 0.6 is 0 Å². The maximum atomic E-state index is 13.6. The van der Waals surface area contributed by atoms with Crippen molar-refractivity contribution in [3.8, 4) is 0 Å². The highest BCUT2D eigenvalue weighted by Gasteiger charge is 2.31. The summed E-state index contributed by atoms with van der Waals surface area (Å²) in [5.41, 5.74) is 10.9. The highest BCUT2D eigenvalue weighted by Crippen LogP contribution is 2.14. The van der Waals surface area contributed by atoms with Gasteiger partial charge in [0, 0.05) is 26.7 Å². The van der Waals surface area contributed by atoms with E-state index in [0.29, 0.717) is 45.4 Å². The van der Waals surface area contributed by atoms with Crippen molar-refractivity contribution in [1.82, 2.24) is 16.0 Å². The fourth-order valence-corrected chi connectivity index (χ4v) is 3.97. The first-order chi connectivity index (χ1) is 18.4. The summed E-state index contributed by atoms with van der Waals surface area (Å²) in [7, 11) is 0. The number of nitrogens with zero attached hydrogens (tertiary/aromatic N) is 1. The molecule has 0 saturated heterocycles. The number of ether oxygens (including phenoxy) is 2. The zero-order chi connectivity index (χ0) is 29.8. The van der Waals surface area contributed by atoms with Crippen LogP contribution in [0.2, 0.25) is 0 Å². The molecule has 0 aliphatic carbocycles. The summed E-state index contributed by atoms with van der Waals surface area (Å²) in [4.78, 5) is 42.5. The molecular formula is C28H56N6O5. The topological polar surface area (TPSA) is 170 Å². The Hall–Kier alpha value is -2.40. The summed E-state index contributed by atoms with van der Waals surface area (Å²) in [6.07, 6.45) is 5.06. The van der Waals surface area contributed by atoms with Crippen LogP contribution in [0.15, 0.2) is 4.99 Å². The van der Waals surface area contributed by atoms with Gasteiger partial charge >= 0.3 is 0 Å². The van der Waals surface area contributed by atoms with Gasteiger partial charge in [-0.1, -0.05) is 54.4 Å². The van der Waals surface area contributed by atoms with Gasteiger partial charge in [-0.05, 0) is 50.4 Å². The molecule has 0 spiro atoms. The monoisotopic (exact) mass is 556 g/mol. The Labute approximate surface area is 236 Å². The number of hydrogen-bond acceptors (Lipinski definition) is 6. The van der Waals surface area contributed by atoms with Crippen LogP contribution in [0.1, 0.15) is 99.8 Å². The molecule has 3 atom stereocenters. The first kappa shape index (κ1) is 36.6. The molecule has 0 rings (SSSR count). The van der Waals surface area contributed by atoms with Crippen molar-refractivity contribution < 1.29 is 23.9 Å². The summed E-state index contributed by atoms with van der Waals surface area (Å²) < 4.78 is 12.2. The van der Waals surface area contributed by atoms with E-state index in [9.17, 15) is 14.4 Å². The van der Waals surface area contributed by atoms with Gasteiger partial charge in [-0.2, -0.15) is 0 Å². The third kappa shape index (κ3) is 18.5. The molecule has 0 saturated carbocycles. The van der Waals surface area contributed by atoms with Crippen molar-refractivity contribution in [1.29, 1.82) is 0 Å². The van der Waals surface area contributed by atoms with E-state index >= 15 is 0 Å². The number of nitrogens with one attached hydrogen (secondary N) is 3. The van der Waals surface area contributed by atoms with Gasteiger partial charge in [0.2, 0.25) is 17.7 Å². The highest BCUT2D eigenvalue weighted by molar-refractivity contribution is 5.91. The summed E-state index contributed by atoms with van der Waals surface area (Å²) in [5, 5.41) is 8.69. The summed E-state index contributed by atoms with van der Waals surface area (Å²) in [5.74, 6) is -0.653. The number of guanidine groups is 1. The van der Waals surface area contributed by atoms with Gasteiger partial charge in [-0.3, -0.25) is 19.4 Å². The maximum Gasteiger partial charge on any atom is 0.243 e. The molecule has 0 radical (unpaired) electrons. The van der Waals surface area contributed by atoms with Gasteiger partial charge < -0.3 is 36.9 Å². The predicted molar refractivity (Wildman–Crippen MR) is 156 cm³/mol. The number of amides is 3. The lowest BCUT2D eigenvalue weighted by Gasteiger charge is -2.31. The van der Waals surface area contributed by atoms with Gasteiger partial charge in [0.25, 0.3) is 0 Å². The maximum absolute atomic E-state index is 13.6. The fraction of sp³-hybridized carbons (Fsp3) is 0.857. The first-order valence-electron chi connectivity index (χ1n) is 14.6. The van der Waals surface area contributed by atoms with Gasteiger partial charge in [0.1, 0.15) is 12.1 Å². The zero-order valence-corrected chi connectivity index (χ0v) is 25.4. The quantitative estimate of drug-likeness (QED) is 0.0590. The van der Waals surface area contributed by atoms with E-state index in [2.05, 4.69) is 34.8 Å². The van der Waals surface area contributed by atoms with Crippen LogP contribution in [-0.2, 0) is 23.9 Å². The minimum Gasteiger partial charge on any atom is -0.370 e. The van der Waals surface area contributed by atoms with Crippen molar-refractivity contribution in [3.05, 3.63) is 0 Å². The summed E-state index contributed by atoms with van der Waals surface area (Å²) in [6.45, 7) is 14.9. The molecule has 0 unspecified atom stereocenters. The van der Waals surface area contributed by atoms with Gasteiger partial charge in [0.05, 0.1) is 6.04 Å². The van der Waals surface area contributed by atoms with Gasteiger partial charge in [-0.25, -0.2) is 0 Å². The highest BCUT2D eigenvalue weighted by atomic mass is 16.7. The second kappa shape index (κ2) is 21.4. The molecule has 0 fully saturated rings. The van der Waals surface area contributed by atoms with Crippen LogP contribution in [0.5, 0.6) is 0 Å². The minimum atomic E-state index is -0.784. The minimum absolute atomic E-state index is 0.0142. The van der Waals surface area contributed by atoms with Gasteiger partial charge in [-0.15, -0.1) is 0 Å². The van der Waals surface area contributed by atoms with Crippen LogP contribution in [0.4, 0.5) is 0 Å². The van der Waals surface area contributed by atoms with Crippen LogP contribution in [0, 0.1) is 11.8 Å². The Morgan fingerprint density at radius 2 is 1.26 bits per heavy atom. The molecule has 7 N–H and O–H groups in total. The standard InChI is InChI=1S/C28H56N6O5/c1-8-10-15-38-27(39-16-11-9-2)22(13-12-14-31-28(29)30)33-26(37)24(18-20(5)6)34-25(36)23(17-19(3)4)32-21(7)35/h19-20,22-24,27H,8-18H2,1-7H3,(H,32,35)(H,33,37)(H,34,36)(H4,29,30,31)/t22-,23+,24+/m1/s1. The molecule has 228 valence electrons. The van der Waals surface area contributed by atoms with Crippen LogP contribution in [-0.4, -0.2) is 67.9 Å². The molecule has 0 heterocycles. The predicted octanol–water partition coefficient (Wildman–Crippen LogP) is 2.57. The van der Waals surface area contributed by atoms with Crippen LogP contribution < -0.4 is 27.4 Å². The number of carbonyl (C=O) groups is 3. The molecule has 0 bridgehead atoms. The average molecular weight is 557 g/mol. The third-order valence-corrected chi connectivity index (χ3v) is 5.93. The Kier molecular flexibility index (Phi) is 20.1. The average Bonchev–Trinajstić information content (AvgIpc) is 2.83. The first-order valence-corrected chi connectivity index (χ1v) is 14.6. The second-order valence-electron chi connectivity index (χ2n) is 11.0. The van der Waals surface area contributed by atoms with Crippen molar-refractivity contribution in [2.45, 2.75) is 124 Å². The van der Waals surface area contributed by atoms with Gasteiger partial charge in [0.15, 0.2) is 12.2 Å². The smallest absolute Gasteiger partial charge is 0.243 e. The van der Waals surface area contributed by atoms with Crippen LogP contribution in [0.3, 0.4) is 0 Å². The molecule has 0 aliphatic heterocycles. The lowest BCUT2D eigenvalue weighted by Crippen LogP contribution is -2.57. The van der Waals surface area contributed by atoms with E-state index in [1.807, 2.05) is 27.7 Å². The fourth-order valence-electron chi connectivity index (χ4n) is 3.97. The zero-order valence-electron chi connectivity index (χ0n) is 25.4. The number of aliphatic imine (C=N–C) groups is 1. The second-order valence-corrected chi connectivity index (χ2v) is 11.0. The Bertz CT molecular complexity index is 717. The third-order valence-electron chi connectivity index (χ3n) is 5.93. The number of hydrogen-bond donors (Lipinski definition) is 5. The van der Waals surface area contributed by atoms with E-state index in [-0.39, 0.29) is 35.5 Å². The Morgan fingerprint density at radius 1 is 0.769 bits per heavy atom. The summed E-state index contributed by atoms with van der Waals surface area (Å²) >= 11 is 0. The number of carbonyl (C=O) groups excluding carboxylic acids is 3. The van der Waals surface area contributed by atoms with E-state index < -0.39 is 24.4 Å². The van der Waals surface area contributed by atoms with E-state index in [4.69, 9.17) is 20.9 Å². The molecule has 0 aromatic heterocycles. The van der Waals surface area contributed by atoms with Crippen molar-refractivity contribution in [2.75, 3.05) is 19.8 Å².